The van der Waals surface area contributed by atoms with Crippen molar-refractivity contribution in [3.05, 3.63) is 46.6 Å². The molecule has 1 aromatic heterocycles. The van der Waals surface area contributed by atoms with E-state index in [-0.39, 0.29) is 16.3 Å². The number of hydrogen-bond donors (Lipinski definition) is 1. The van der Waals surface area contributed by atoms with Crippen molar-refractivity contribution < 1.29 is 13.3 Å². The van der Waals surface area contributed by atoms with Crippen molar-refractivity contribution in [3.63, 3.8) is 0 Å². The van der Waals surface area contributed by atoms with Gasteiger partial charge in [-0.25, -0.2) is 13.4 Å². The summed E-state index contributed by atoms with van der Waals surface area (Å²) in [4.78, 5) is 16.9. The molecular weight excluding hydrogens is 370 g/mol. The Labute approximate surface area is 157 Å². The first-order valence-electron chi connectivity index (χ1n) is 8.48. The first kappa shape index (κ1) is 19.1. The van der Waals surface area contributed by atoms with E-state index in [4.69, 9.17) is 0 Å². The van der Waals surface area contributed by atoms with Crippen LogP contribution in [0, 0.1) is 10.1 Å². The molecule has 2 heterocycles. The van der Waals surface area contributed by atoms with Gasteiger partial charge in [0.15, 0.2) is 0 Å². The molecule has 27 heavy (non-hydrogen) atoms. The second kappa shape index (κ2) is 7.49. The average molecular weight is 391 g/mol. The van der Waals surface area contributed by atoms with Gasteiger partial charge in [0.25, 0.3) is 5.69 Å². The summed E-state index contributed by atoms with van der Waals surface area (Å²) < 4.78 is 26.7. The summed E-state index contributed by atoms with van der Waals surface area (Å²) in [5, 5.41) is 14.4. The second-order valence-electron chi connectivity index (χ2n) is 6.47. The van der Waals surface area contributed by atoms with Gasteiger partial charge in [-0.2, -0.15) is 4.31 Å². The predicted octanol–water partition coefficient (Wildman–Crippen LogP) is 2.58. The third kappa shape index (κ3) is 4.01. The van der Waals surface area contributed by atoms with Gasteiger partial charge in [0.1, 0.15) is 11.5 Å². The van der Waals surface area contributed by atoms with Crippen LogP contribution in [0.4, 0.5) is 22.9 Å². The number of benzene rings is 1. The monoisotopic (exact) mass is 391 g/mol. The van der Waals surface area contributed by atoms with Crippen LogP contribution in [0.1, 0.15) is 12.8 Å². The van der Waals surface area contributed by atoms with Crippen molar-refractivity contribution in [3.8, 4) is 0 Å². The summed E-state index contributed by atoms with van der Waals surface area (Å²) in [5.41, 5.74) is 0.477. The molecule has 1 saturated heterocycles. The minimum absolute atomic E-state index is 0.0669. The fraction of sp³-hybridized carbons (Fsp3) is 0.353. The smallest absolute Gasteiger partial charge is 0.294 e. The first-order valence-corrected chi connectivity index (χ1v) is 9.92. The lowest BCUT2D eigenvalue weighted by Gasteiger charge is -2.16. The van der Waals surface area contributed by atoms with Crippen LogP contribution >= 0.6 is 0 Å². The van der Waals surface area contributed by atoms with Crippen LogP contribution in [0.2, 0.25) is 0 Å². The largest absolute Gasteiger partial charge is 0.363 e. The van der Waals surface area contributed by atoms with Crippen molar-refractivity contribution in [2.45, 2.75) is 17.7 Å². The minimum atomic E-state index is -3.72. The molecule has 1 aliphatic rings. The zero-order valence-corrected chi connectivity index (χ0v) is 15.9. The van der Waals surface area contributed by atoms with E-state index in [2.05, 4.69) is 10.3 Å². The lowest BCUT2D eigenvalue weighted by Crippen LogP contribution is -2.27. The summed E-state index contributed by atoms with van der Waals surface area (Å²) in [6.07, 6.45) is 3.17. The summed E-state index contributed by atoms with van der Waals surface area (Å²) in [6.45, 7) is 0.889. The molecule has 0 saturated carbocycles. The van der Waals surface area contributed by atoms with E-state index in [1.807, 2.05) is 19.0 Å². The summed E-state index contributed by atoms with van der Waals surface area (Å²) >= 11 is 0. The highest BCUT2D eigenvalue weighted by Crippen LogP contribution is 2.32. The molecule has 0 aliphatic carbocycles. The van der Waals surface area contributed by atoms with Gasteiger partial charge in [-0.05, 0) is 37.1 Å². The zero-order chi connectivity index (χ0) is 19.6. The molecule has 144 valence electrons. The summed E-state index contributed by atoms with van der Waals surface area (Å²) in [7, 11) is 0.00561. The second-order valence-corrected chi connectivity index (χ2v) is 8.41. The number of nitro groups is 1. The quantitative estimate of drug-likeness (QED) is 0.595. The molecule has 0 amide bonds. The Kier molecular flexibility index (Phi) is 5.29. The van der Waals surface area contributed by atoms with Crippen LogP contribution in [0.5, 0.6) is 0 Å². The SMILES string of the molecule is CN(C)c1ccc(Nc2ccc(S(=O)(=O)N3CCCC3)cc2[N+](=O)[O-])cn1. The molecule has 0 spiro atoms. The molecule has 1 fully saturated rings. The van der Waals surface area contributed by atoms with Gasteiger partial charge in [-0.3, -0.25) is 10.1 Å². The Bertz CT molecular complexity index is 938. The van der Waals surface area contributed by atoms with Gasteiger partial charge in [-0.1, -0.05) is 0 Å². The maximum absolute atomic E-state index is 12.6. The van der Waals surface area contributed by atoms with E-state index in [1.165, 1.54) is 16.4 Å². The standard InChI is InChI=1S/C17H21N5O4S/c1-20(2)17-8-5-13(12-18-17)19-15-7-6-14(11-16(15)22(23)24)27(25,26)21-9-3-4-10-21/h5-8,11-12,19H,3-4,9-10H2,1-2H3. The third-order valence-electron chi connectivity index (χ3n) is 4.35. The average Bonchev–Trinajstić information content (AvgIpc) is 3.17. The molecule has 1 aliphatic heterocycles. The van der Waals surface area contributed by atoms with Gasteiger partial charge in [0.2, 0.25) is 10.0 Å². The van der Waals surface area contributed by atoms with E-state index >= 15 is 0 Å². The molecule has 0 atom stereocenters. The lowest BCUT2D eigenvalue weighted by molar-refractivity contribution is -0.384. The molecule has 9 nitrogen and oxygen atoms in total. The zero-order valence-electron chi connectivity index (χ0n) is 15.1. The molecule has 0 unspecified atom stereocenters. The van der Waals surface area contributed by atoms with Crippen LogP contribution in [-0.4, -0.2) is 49.8 Å². The summed E-state index contributed by atoms with van der Waals surface area (Å²) in [5.74, 6) is 0.752. The molecular formula is C17H21N5O4S. The number of nitrogens with zero attached hydrogens (tertiary/aromatic N) is 4. The number of nitrogens with one attached hydrogen (secondary N) is 1. The highest BCUT2D eigenvalue weighted by atomic mass is 32.2. The Morgan fingerprint density at radius 1 is 1.19 bits per heavy atom. The molecule has 1 N–H and O–H groups in total. The van der Waals surface area contributed by atoms with Crippen LogP contribution in [0.3, 0.4) is 0 Å². The number of anilines is 3. The Hall–Kier alpha value is -2.72. The normalized spacial score (nSPS) is 14.9. The molecule has 1 aromatic carbocycles. The van der Waals surface area contributed by atoms with E-state index in [9.17, 15) is 18.5 Å². The maximum atomic E-state index is 12.6. The number of aromatic nitrogens is 1. The van der Waals surface area contributed by atoms with E-state index in [0.717, 1.165) is 24.7 Å². The van der Waals surface area contributed by atoms with E-state index in [0.29, 0.717) is 18.8 Å². The third-order valence-corrected chi connectivity index (χ3v) is 6.25. The number of hydrogen-bond acceptors (Lipinski definition) is 7. The predicted molar refractivity (Wildman–Crippen MR) is 103 cm³/mol. The van der Waals surface area contributed by atoms with Crippen LogP contribution in [0.15, 0.2) is 41.4 Å². The van der Waals surface area contributed by atoms with Crippen molar-refractivity contribution in [2.75, 3.05) is 37.4 Å². The van der Waals surface area contributed by atoms with Crippen molar-refractivity contribution in [1.82, 2.24) is 9.29 Å². The fourth-order valence-corrected chi connectivity index (χ4v) is 4.42. The van der Waals surface area contributed by atoms with Gasteiger partial charge in [-0.15, -0.1) is 0 Å². The Balaban J connectivity index is 1.91. The van der Waals surface area contributed by atoms with Crippen molar-refractivity contribution in [1.29, 1.82) is 0 Å². The van der Waals surface area contributed by atoms with Gasteiger partial charge >= 0.3 is 0 Å². The number of sulfonamides is 1. The highest BCUT2D eigenvalue weighted by Gasteiger charge is 2.29. The Morgan fingerprint density at radius 2 is 1.89 bits per heavy atom. The lowest BCUT2D eigenvalue weighted by atomic mass is 10.2. The molecule has 0 radical (unpaired) electrons. The highest BCUT2D eigenvalue weighted by molar-refractivity contribution is 7.89. The van der Waals surface area contributed by atoms with Crippen LogP contribution in [0.25, 0.3) is 0 Å². The Morgan fingerprint density at radius 3 is 2.44 bits per heavy atom. The van der Waals surface area contributed by atoms with E-state index < -0.39 is 14.9 Å². The van der Waals surface area contributed by atoms with Gasteiger partial charge in [0.05, 0.1) is 21.7 Å². The minimum Gasteiger partial charge on any atom is -0.363 e. The number of rotatable bonds is 6. The molecule has 10 heteroatoms. The topological polar surface area (TPSA) is 109 Å². The van der Waals surface area contributed by atoms with Crippen LogP contribution < -0.4 is 10.2 Å². The van der Waals surface area contributed by atoms with E-state index in [1.54, 1.807) is 18.3 Å². The molecule has 2 aromatic rings. The van der Waals surface area contributed by atoms with Gasteiger partial charge in [0, 0.05) is 33.3 Å². The fourth-order valence-electron chi connectivity index (χ4n) is 2.89. The molecule has 3 rings (SSSR count). The molecule has 0 bridgehead atoms. The summed E-state index contributed by atoms with van der Waals surface area (Å²) in [6, 6.07) is 7.45. The number of pyridine rings is 1. The van der Waals surface area contributed by atoms with Crippen molar-refractivity contribution in [2.24, 2.45) is 0 Å². The van der Waals surface area contributed by atoms with Crippen molar-refractivity contribution >= 4 is 32.9 Å². The maximum Gasteiger partial charge on any atom is 0.294 e. The first-order chi connectivity index (χ1) is 12.8. The van der Waals surface area contributed by atoms with Crippen LogP contribution in [-0.2, 0) is 10.0 Å². The van der Waals surface area contributed by atoms with Gasteiger partial charge < -0.3 is 10.2 Å². The number of nitro benzene ring substituents is 1.